The Hall–Kier alpha value is -1.32. The SMILES string of the molecule is CC(C)c1cc(C(=O)N2CCCC[C@H](C)C2)no1. The maximum atomic E-state index is 12.3. The van der Waals surface area contributed by atoms with Crippen molar-refractivity contribution in [3.8, 4) is 0 Å². The molecule has 0 radical (unpaired) electrons. The van der Waals surface area contributed by atoms with Crippen LogP contribution in [0.5, 0.6) is 0 Å². The fraction of sp³-hybridized carbons (Fsp3) is 0.714. The molecular formula is C14H22N2O2. The number of amides is 1. The van der Waals surface area contributed by atoms with Gasteiger partial charge in [-0.15, -0.1) is 0 Å². The Kier molecular flexibility index (Phi) is 4.04. The van der Waals surface area contributed by atoms with Crippen molar-refractivity contribution in [2.45, 2.75) is 46.0 Å². The van der Waals surface area contributed by atoms with Crippen LogP contribution < -0.4 is 0 Å². The van der Waals surface area contributed by atoms with Crippen LogP contribution >= 0.6 is 0 Å². The second-order valence-corrected chi connectivity index (χ2v) is 5.62. The van der Waals surface area contributed by atoms with Crippen molar-refractivity contribution in [1.29, 1.82) is 0 Å². The highest BCUT2D eigenvalue weighted by atomic mass is 16.5. The molecule has 0 unspecified atom stereocenters. The third-order valence-corrected chi connectivity index (χ3v) is 3.51. The van der Waals surface area contributed by atoms with Crippen molar-refractivity contribution >= 4 is 5.91 Å². The van der Waals surface area contributed by atoms with Crippen LogP contribution in [-0.2, 0) is 0 Å². The van der Waals surface area contributed by atoms with Crippen LogP contribution in [0.25, 0.3) is 0 Å². The standard InChI is InChI=1S/C14H22N2O2/c1-10(2)13-8-12(15-18-13)14(17)16-7-5-4-6-11(3)9-16/h8,10-11H,4-7,9H2,1-3H3/t11-/m0/s1. The highest BCUT2D eigenvalue weighted by Gasteiger charge is 2.23. The molecule has 1 aliphatic heterocycles. The number of aromatic nitrogens is 1. The molecule has 1 amide bonds. The lowest BCUT2D eigenvalue weighted by Gasteiger charge is -2.21. The Balaban J connectivity index is 2.09. The molecule has 18 heavy (non-hydrogen) atoms. The van der Waals surface area contributed by atoms with E-state index in [9.17, 15) is 4.79 Å². The van der Waals surface area contributed by atoms with Gasteiger partial charge in [0.15, 0.2) is 5.69 Å². The van der Waals surface area contributed by atoms with Gasteiger partial charge in [-0.25, -0.2) is 0 Å². The molecule has 1 saturated heterocycles. The van der Waals surface area contributed by atoms with Gasteiger partial charge in [-0.05, 0) is 18.8 Å². The van der Waals surface area contributed by atoms with Crippen LogP contribution in [0.4, 0.5) is 0 Å². The molecule has 2 rings (SSSR count). The first kappa shape index (κ1) is 13.1. The molecule has 2 heterocycles. The van der Waals surface area contributed by atoms with Gasteiger partial charge < -0.3 is 9.42 Å². The molecule has 0 bridgehead atoms. The van der Waals surface area contributed by atoms with Crippen molar-refractivity contribution in [2.75, 3.05) is 13.1 Å². The van der Waals surface area contributed by atoms with E-state index in [0.717, 1.165) is 25.3 Å². The number of rotatable bonds is 2. The summed E-state index contributed by atoms with van der Waals surface area (Å²) in [7, 11) is 0. The van der Waals surface area contributed by atoms with E-state index in [1.165, 1.54) is 12.8 Å². The summed E-state index contributed by atoms with van der Waals surface area (Å²) in [6, 6.07) is 1.78. The lowest BCUT2D eigenvalue weighted by molar-refractivity contribution is 0.0734. The van der Waals surface area contributed by atoms with Crippen LogP contribution in [-0.4, -0.2) is 29.1 Å². The minimum absolute atomic E-state index is 0.0133. The molecule has 0 N–H and O–H groups in total. The molecule has 1 aromatic heterocycles. The first-order chi connectivity index (χ1) is 8.58. The predicted octanol–water partition coefficient (Wildman–Crippen LogP) is 3.06. The lowest BCUT2D eigenvalue weighted by Crippen LogP contribution is -2.34. The molecule has 0 spiro atoms. The second-order valence-electron chi connectivity index (χ2n) is 5.62. The molecule has 0 aromatic carbocycles. The van der Waals surface area contributed by atoms with Crippen LogP contribution in [0.3, 0.4) is 0 Å². The molecular weight excluding hydrogens is 228 g/mol. The number of carbonyl (C=O) groups is 1. The fourth-order valence-electron chi connectivity index (χ4n) is 2.36. The zero-order chi connectivity index (χ0) is 13.1. The zero-order valence-corrected chi connectivity index (χ0v) is 11.5. The molecule has 1 aromatic rings. The Morgan fingerprint density at radius 3 is 2.94 bits per heavy atom. The van der Waals surface area contributed by atoms with Gasteiger partial charge in [0, 0.05) is 25.1 Å². The van der Waals surface area contributed by atoms with Crippen LogP contribution in [0.1, 0.15) is 62.2 Å². The predicted molar refractivity (Wildman–Crippen MR) is 69.5 cm³/mol. The van der Waals surface area contributed by atoms with E-state index in [4.69, 9.17) is 4.52 Å². The van der Waals surface area contributed by atoms with E-state index in [-0.39, 0.29) is 11.8 Å². The summed E-state index contributed by atoms with van der Waals surface area (Å²) in [5.74, 6) is 1.63. The van der Waals surface area contributed by atoms with Crippen molar-refractivity contribution in [1.82, 2.24) is 10.1 Å². The molecule has 100 valence electrons. The van der Waals surface area contributed by atoms with E-state index < -0.39 is 0 Å². The molecule has 4 heteroatoms. The fourth-order valence-corrected chi connectivity index (χ4v) is 2.36. The third-order valence-electron chi connectivity index (χ3n) is 3.51. The highest BCUT2D eigenvalue weighted by Crippen LogP contribution is 2.20. The summed E-state index contributed by atoms with van der Waals surface area (Å²) in [6.45, 7) is 7.94. The minimum Gasteiger partial charge on any atom is -0.360 e. The van der Waals surface area contributed by atoms with E-state index in [2.05, 4.69) is 12.1 Å². The second kappa shape index (κ2) is 5.55. The number of hydrogen-bond donors (Lipinski definition) is 0. The normalized spacial score (nSPS) is 21.1. The molecule has 0 saturated carbocycles. The van der Waals surface area contributed by atoms with E-state index in [1.807, 2.05) is 18.7 Å². The Labute approximate surface area is 108 Å². The van der Waals surface area contributed by atoms with Crippen LogP contribution in [0.2, 0.25) is 0 Å². The summed E-state index contributed by atoms with van der Waals surface area (Å²) in [6.07, 6.45) is 3.51. The first-order valence-corrected chi connectivity index (χ1v) is 6.84. The monoisotopic (exact) mass is 250 g/mol. The van der Waals surface area contributed by atoms with Crippen LogP contribution in [0.15, 0.2) is 10.6 Å². The summed E-state index contributed by atoms with van der Waals surface area (Å²) >= 11 is 0. The Morgan fingerprint density at radius 2 is 2.28 bits per heavy atom. The minimum atomic E-state index is 0.0133. The summed E-state index contributed by atoms with van der Waals surface area (Å²) < 4.78 is 5.20. The average Bonchev–Trinajstić information content (AvgIpc) is 2.72. The number of carbonyl (C=O) groups excluding carboxylic acids is 1. The van der Waals surface area contributed by atoms with Crippen molar-refractivity contribution < 1.29 is 9.32 Å². The number of hydrogen-bond acceptors (Lipinski definition) is 3. The Bertz CT molecular complexity index is 412. The lowest BCUT2D eigenvalue weighted by atomic mass is 10.1. The van der Waals surface area contributed by atoms with Gasteiger partial charge in [-0.3, -0.25) is 4.79 Å². The maximum absolute atomic E-state index is 12.3. The first-order valence-electron chi connectivity index (χ1n) is 6.84. The van der Waals surface area contributed by atoms with Crippen LogP contribution in [0, 0.1) is 5.92 Å². The van der Waals surface area contributed by atoms with Gasteiger partial charge in [-0.1, -0.05) is 32.3 Å². The zero-order valence-electron chi connectivity index (χ0n) is 11.5. The smallest absolute Gasteiger partial charge is 0.276 e. The van der Waals surface area contributed by atoms with E-state index in [1.54, 1.807) is 6.07 Å². The van der Waals surface area contributed by atoms with E-state index in [0.29, 0.717) is 11.6 Å². The van der Waals surface area contributed by atoms with Gasteiger partial charge in [0.25, 0.3) is 5.91 Å². The topological polar surface area (TPSA) is 46.3 Å². The maximum Gasteiger partial charge on any atom is 0.276 e. The van der Waals surface area contributed by atoms with E-state index >= 15 is 0 Å². The van der Waals surface area contributed by atoms with Crippen molar-refractivity contribution in [2.24, 2.45) is 5.92 Å². The summed E-state index contributed by atoms with van der Waals surface area (Å²) in [5, 5.41) is 3.90. The summed E-state index contributed by atoms with van der Waals surface area (Å²) in [5.41, 5.74) is 0.452. The van der Waals surface area contributed by atoms with Gasteiger partial charge in [0.1, 0.15) is 5.76 Å². The molecule has 1 atom stereocenters. The molecule has 0 aliphatic carbocycles. The Morgan fingerprint density at radius 1 is 1.50 bits per heavy atom. The highest BCUT2D eigenvalue weighted by molar-refractivity contribution is 5.92. The van der Waals surface area contributed by atoms with Gasteiger partial charge in [0.2, 0.25) is 0 Å². The van der Waals surface area contributed by atoms with Crippen molar-refractivity contribution in [3.63, 3.8) is 0 Å². The third kappa shape index (κ3) is 2.92. The molecule has 1 fully saturated rings. The number of likely N-dealkylation sites (tertiary alicyclic amines) is 1. The molecule has 4 nitrogen and oxygen atoms in total. The quantitative estimate of drug-likeness (QED) is 0.810. The largest absolute Gasteiger partial charge is 0.360 e. The van der Waals surface area contributed by atoms with Crippen molar-refractivity contribution in [3.05, 3.63) is 17.5 Å². The van der Waals surface area contributed by atoms with Gasteiger partial charge in [0.05, 0.1) is 0 Å². The number of nitrogens with zero attached hydrogens (tertiary/aromatic N) is 2. The van der Waals surface area contributed by atoms with Gasteiger partial charge in [-0.2, -0.15) is 0 Å². The molecule has 1 aliphatic rings. The van der Waals surface area contributed by atoms with Gasteiger partial charge >= 0.3 is 0 Å². The average molecular weight is 250 g/mol. The summed E-state index contributed by atoms with van der Waals surface area (Å²) in [4.78, 5) is 14.3.